The Kier molecular flexibility index (Phi) is 4.06. The minimum atomic E-state index is -4.47. The third-order valence-electron chi connectivity index (χ3n) is 2.72. The molecule has 20 heavy (non-hydrogen) atoms. The number of rotatable bonds is 2. The van der Waals surface area contributed by atoms with Crippen LogP contribution in [0.2, 0.25) is 0 Å². The first-order valence-electron chi connectivity index (χ1n) is 5.76. The molecule has 108 valence electrons. The number of hydrogen-bond acceptors (Lipinski definition) is 2. The van der Waals surface area contributed by atoms with Crippen LogP contribution in [0.3, 0.4) is 0 Å². The predicted octanol–water partition coefficient (Wildman–Crippen LogP) is 4.83. The van der Waals surface area contributed by atoms with Crippen LogP contribution in [0, 0.1) is 4.77 Å². The maximum absolute atomic E-state index is 13.2. The summed E-state index contributed by atoms with van der Waals surface area (Å²) in [6.07, 6.45) is -4.47. The lowest BCUT2D eigenvalue weighted by molar-refractivity contribution is -0.137. The van der Waals surface area contributed by atoms with Crippen LogP contribution in [-0.4, -0.2) is 14.8 Å². The van der Waals surface area contributed by atoms with E-state index in [1.807, 2.05) is 13.8 Å². The average Bonchev–Trinajstić information content (AvgIpc) is 2.70. The fourth-order valence-corrected chi connectivity index (χ4v) is 2.46. The second kappa shape index (κ2) is 5.33. The molecule has 0 bridgehead atoms. The second-order valence-corrected chi connectivity index (χ2v) is 5.84. The van der Waals surface area contributed by atoms with Crippen molar-refractivity contribution in [2.45, 2.75) is 25.9 Å². The van der Waals surface area contributed by atoms with Gasteiger partial charge in [-0.2, -0.15) is 18.3 Å². The number of benzene rings is 1. The SMILES string of the molecule is CC(C)c1n[nH]c(=S)n1-c1ccc(Br)cc1C(F)(F)F. The lowest BCUT2D eigenvalue weighted by atomic mass is 10.1. The maximum atomic E-state index is 13.2. The highest BCUT2D eigenvalue weighted by Gasteiger charge is 2.35. The van der Waals surface area contributed by atoms with Crippen LogP contribution in [0.4, 0.5) is 13.2 Å². The molecule has 0 spiro atoms. The molecule has 1 aromatic heterocycles. The standard InChI is InChI=1S/C12H11BrF3N3S/c1-6(2)10-17-18-11(20)19(10)9-4-3-7(13)5-8(9)12(14,15)16/h3-6H,1-2H3,(H,18,20). The highest BCUT2D eigenvalue weighted by atomic mass is 79.9. The molecule has 0 amide bonds. The predicted molar refractivity (Wildman–Crippen MR) is 75.5 cm³/mol. The van der Waals surface area contributed by atoms with Crippen molar-refractivity contribution >= 4 is 28.1 Å². The van der Waals surface area contributed by atoms with Crippen LogP contribution in [0.1, 0.15) is 31.2 Å². The Bertz CT molecular complexity index is 688. The molecule has 0 fully saturated rings. The number of nitrogens with zero attached hydrogens (tertiary/aromatic N) is 2. The minimum absolute atomic E-state index is 0.0249. The third-order valence-corrected chi connectivity index (χ3v) is 3.49. The van der Waals surface area contributed by atoms with E-state index in [4.69, 9.17) is 12.2 Å². The van der Waals surface area contributed by atoms with Crippen molar-refractivity contribution in [3.05, 3.63) is 38.8 Å². The molecule has 0 atom stereocenters. The fourth-order valence-electron chi connectivity index (χ4n) is 1.86. The van der Waals surface area contributed by atoms with Gasteiger partial charge in [-0.25, -0.2) is 0 Å². The Morgan fingerprint density at radius 2 is 2.00 bits per heavy atom. The normalized spacial score (nSPS) is 12.2. The van der Waals surface area contributed by atoms with Crippen LogP contribution in [0.5, 0.6) is 0 Å². The van der Waals surface area contributed by atoms with Crippen LogP contribution in [0.25, 0.3) is 5.69 Å². The van der Waals surface area contributed by atoms with Crippen LogP contribution in [0.15, 0.2) is 22.7 Å². The van der Waals surface area contributed by atoms with E-state index in [-0.39, 0.29) is 16.4 Å². The van der Waals surface area contributed by atoms with Crippen LogP contribution in [-0.2, 0) is 6.18 Å². The van der Waals surface area contributed by atoms with Gasteiger partial charge >= 0.3 is 6.18 Å². The molecule has 0 aliphatic rings. The molecular formula is C12H11BrF3N3S. The number of halogens is 4. The van der Waals surface area contributed by atoms with Crippen LogP contribution < -0.4 is 0 Å². The van der Waals surface area contributed by atoms with Gasteiger partial charge in [0.25, 0.3) is 0 Å². The molecule has 1 heterocycles. The highest BCUT2D eigenvalue weighted by molar-refractivity contribution is 9.10. The average molecular weight is 366 g/mol. The summed E-state index contributed by atoms with van der Waals surface area (Å²) >= 11 is 8.11. The monoisotopic (exact) mass is 365 g/mol. The minimum Gasteiger partial charge on any atom is -0.271 e. The molecule has 0 aliphatic heterocycles. The highest BCUT2D eigenvalue weighted by Crippen LogP contribution is 2.36. The first-order valence-corrected chi connectivity index (χ1v) is 6.96. The zero-order valence-corrected chi connectivity index (χ0v) is 13.0. The van der Waals surface area contributed by atoms with Gasteiger partial charge in [0.2, 0.25) is 0 Å². The molecule has 0 radical (unpaired) electrons. The maximum Gasteiger partial charge on any atom is 0.418 e. The number of nitrogens with one attached hydrogen (secondary N) is 1. The van der Waals surface area contributed by atoms with Crippen molar-refractivity contribution < 1.29 is 13.2 Å². The van der Waals surface area contributed by atoms with Gasteiger partial charge < -0.3 is 0 Å². The molecule has 3 nitrogen and oxygen atoms in total. The topological polar surface area (TPSA) is 33.6 Å². The first kappa shape index (κ1) is 15.2. The molecule has 0 saturated heterocycles. The van der Waals surface area contributed by atoms with Gasteiger partial charge in [0.15, 0.2) is 4.77 Å². The molecule has 2 aromatic rings. The van der Waals surface area contributed by atoms with Crippen molar-refractivity contribution in [1.29, 1.82) is 0 Å². The van der Waals surface area contributed by atoms with E-state index < -0.39 is 11.7 Å². The van der Waals surface area contributed by atoms with Crippen molar-refractivity contribution in [2.24, 2.45) is 0 Å². The smallest absolute Gasteiger partial charge is 0.271 e. The first-order chi connectivity index (χ1) is 9.21. The Balaban J connectivity index is 2.77. The number of aromatic nitrogens is 3. The van der Waals surface area contributed by atoms with Gasteiger partial charge in [-0.3, -0.25) is 9.67 Å². The van der Waals surface area contributed by atoms with E-state index in [0.29, 0.717) is 10.3 Å². The lowest BCUT2D eigenvalue weighted by Crippen LogP contribution is -2.13. The van der Waals surface area contributed by atoms with E-state index in [2.05, 4.69) is 26.1 Å². The molecule has 1 N–H and O–H groups in total. The summed E-state index contributed by atoms with van der Waals surface area (Å²) in [6.45, 7) is 3.68. The number of hydrogen-bond donors (Lipinski definition) is 1. The Labute approximate surface area is 126 Å². The van der Waals surface area contributed by atoms with Gasteiger partial charge in [0.05, 0.1) is 11.3 Å². The van der Waals surface area contributed by atoms with Crippen molar-refractivity contribution in [3.8, 4) is 5.69 Å². The zero-order valence-electron chi connectivity index (χ0n) is 10.6. The molecule has 2 rings (SSSR count). The van der Waals surface area contributed by atoms with E-state index >= 15 is 0 Å². The Hall–Kier alpha value is -1.15. The largest absolute Gasteiger partial charge is 0.418 e. The molecule has 0 saturated carbocycles. The van der Waals surface area contributed by atoms with E-state index in [1.54, 1.807) is 6.07 Å². The Morgan fingerprint density at radius 3 is 2.55 bits per heavy atom. The second-order valence-electron chi connectivity index (χ2n) is 4.54. The zero-order chi connectivity index (χ0) is 15.1. The lowest BCUT2D eigenvalue weighted by Gasteiger charge is -2.16. The summed E-state index contributed by atoms with van der Waals surface area (Å²) < 4.78 is 41.4. The summed E-state index contributed by atoms with van der Waals surface area (Å²) in [7, 11) is 0. The summed E-state index contributed by atoms with van der Waals surface area (Å²) in [6, 6.07) is 3.96. The van der Waals surface area contributed by atoms with Gasteiger partial charge in [-0.05, 0) is 30.4 Å². The van der Waals surface area contributed by atoms with Crippen molar-refractivity contribution in [3.63, 3.8) is 0 Å². The molecule has 0 aliphatic carbocycles. The van der Waals surface area contributed by atoms with Crippen LogP contribution >= 0.6 is 28.1 Å². The van der Waals surface area contributed by atoms with Crippen molar-refractivity contribution in [2.75, 3.05) is 0 Å². The molecular weight excluding hydrogens is 355 g/mol. The molecule has 0 unspecified atom stereocenters. The summed E-state index contributed by atoms with van der Waals surface area (Å²) in [5.74, 6) is 0.399. The summed E-state index contributed by atoms with van der Waals surface area (Å²) in [5, 5.41) is 6.55. The number of H-pyrrole nitrogens is 1. The van der Waals surface area contributed by atoms with Crippen molar-refractivity contribution in [1.82, 2.24) is 14.8 Å². The number of aromatic amines is 1. The summed E-state index contributed by atoms with van der Waals surface area (Å²) in [5.41, 5.74) is -0.783. The molecule has 1 aromatic carbocycles. The van der Waals surface area contributed by atoms with E-state index in [9.17, 15) is 13.2 Å². The van der Waals surface area contributed by atoms with Gasteiger partial charge in [-0.1, -0.05) is 29.8 Å². The van der Waals surface area contributed by atoms with Gasteiger partial charge in [0, 0.05) is 10.4 Å². The Morgan fingerprint density at radius 1 is 1.35 bits per heavy atom. The number of alkyl halides is 3. The quantitative estimate of drug-likeness (QED) is 0.772. The van der Waals surface area contributed by atoms with Gasteiger partial charge in [-0.15, -0.1) is 0 Å². The fraction of sp³-hybridized carbons (Fsp3) is 0.333. The van der Waals surface area contributed by atoms with Gasteiger partial charge in [0.1, 0.15) is 5.82 Å². The van der Waals surface area contributed by atoms with E-state index in [0.717, 1.165) is 6.07 Å². The summed E-state index contributed by atoms with van der Waals surface area (Å²) in [4.78, 5) is 0. The van der Waals surface area contributed by atoms with E-state index in [1.165, 1.54) is 10.6 Å². The molecule has 8 heteroatoms. The third kappa shape index (κ3) is 2.80.